The maximum Gasteiger partial charge on any atom is 0.387 e. The predicted molar refractivity (Wildman–Crippen MR) is 146 cm³/mol. The Morgan fingerprint density at radius 3 is 1.87 bits per heavy atom. The number of benzene rings is 2. The van der Waals surface area contributed by atoms with Gasteiger partial charge in [-0.25, -0.2) is 17.6 Å². The van der Waals surface area contributed by atoms with Crippen molar-refractivity contribution in [3.63, 3.8) is 0 Å². The third kappa shape index (κ3) is 8.05. The van der Waals surface area contributed by atoms with Crippen molar-refractivity contribution in [1.29, 1.82) is 0 Å². The van der Waals surface area contributed by atoms with E-state index in [-0.39, 0.29) is 5.92 Å². The molecule has 216 valence electrons. The topological polar surface area (TPSA) is 9.23 Å². The summed E-state index contributed by atoms with van der Waals surface area (Å²) >= 11 is 0. The van der Waals surface area contributed by atoms with Crippen LogP contribution in [0.4, 0.5) is 26.3 Å². The lowest BCUT2D eigenvalue weighted by Gasteiger charge is -2.32. The molecular formula is C31H40F6OSi. The number of halogens is 6. The Morgan fingerprint density at radius 2 is 1.33 bits per heavy atom. The second-order valence-electron chi connectivity index (χ2n) is 11.7. The lowest BCUT2D eigenvalue weighted by molar-refractivity contribution is -0.0546. The molecule has 0 radical (unpaired) electrons. The first-order valence-electron chi connectivity index (χ1n) is 14.7. The van der Waals surface area contributed by atoms with Crippen LogP contribution in [0.15, 0.2) is 24.3 Å². The highest BCUT2D eigenvalue weighted by atomic mass is 28.3. The third-order valence-corrected chi connectivity index (χ3v) is 12.6. The molecule has 0 atom stereocenters. The van der Waals surface area contributed by atoms with Crippen molar-refractivity contribution in [2.75, 3.05) is 0 Å². The van der Waals surface area contributed by atoms with Crippen LogP contribution in [0, 0.1) is 35.1 Å². The molecule has 0 N–H and O–H groups in total. The smallest absolute Gasteiger partial charge is 0.387 e. The first-order valence-corrected chi connectivity index (χ1v) is 17.1. The molecule has 4 rings (SSSR count). The summed E-state index contributed by atoms with van der Waals surface area (Å²) in [6.45, 7) is -1.16. The molecule has 0 spiro atoms. The van der Waals surface area contributed by atoms with E-state index in [0.717, 1.165) is 31.6 Å². The summed E-state index contributed by atoms with van der Waals surface area (Å²) in [5, 5.41) is 0. The molecule has 2 aromatic rings. The Kier molecular flexibility index (Phi) is 10.8. The molecule has 2 aromatic carbocycles. The second-order valence-corrected chi connectivity index (χ2v) is 15.1. The molecule has 0 amide bonds. The molecule has 39 heavy (non-hydrogen) atoms. The lowest BCUT2D eigenvalue weighted by Crippen LogP contribution is -2.22. The van der Waals surface area contributed by atoms with Crippen molar-refractivity contribution < 1.29 is 31.1 Å². The first kappa shape index (κ1) is 30.0. The standard InChI is InChI=1S/C31H40F6OSi/c1-2-3-4-13-39-14-11-21(12-15-39)6-5-20-7-9-22(10-8-20)23-16-25(32)29(26(33)17-23)24-18-27(34)30(28(35)19-24)38-31(36)37/h16-22,31,39H,2-15H2,1H3. The molecule has 2 aliphatic rings. The van der Waals surface area contributed by atoms with E-state index in [1.165, 1.54) is 75.2 Å². The van der Waals surface area contributed by atoms with Gasteiger partial charge < -0.3 is 4.74 Å². The summed E-state index contributed by atoms with van der Waals surface area (Å²) in [6, 6.07) is 8.26. The van der Waals surface area contributed by atoms with Crippen LogP contribution in [0.3, 0.4) is 0 Å². The van der Waals surface area contributed by atoms with Crippen LogP contribution < -0.4 is 4.74 Å². The van der Waals surface area contributed by atoms with Gasteiger partial charge in [0.25, 0.3) is 0 Å². The Morgan fingerprint density at radius 1 is 0.769 bits per heavy atom. The van der Waals surface area contributed by atoms with Gasteiger partial charge in [-0.3, -0.25) is 0 Å². The molecule has 1 nitrogen and oxygen atoms in total. The van der Waals surface area contributed by atoms with Crippen LogP contribution in [0.2, 0.25) is 18.1 Å². The normalized spacial score (nSPS) is 23.8. The van der Waals surface area contributed by atoms with E-state index in [9.17, 15) is 17.6 Å². The molecule has 0 aromatic heterocycles. The maximum absolute atomic E-state index is 15.0. The number of unbranched alkanes of at least 4 members (excludes halogenated alkanes) is 2. The molecule has 1 saturated carbocycles. The molecule has 1 aliphatic carbocycles. The third-order valence-electron chi connectivity index (χ3n) is 9.04. The van der Waals surface area contributed by atoms with Crippen LogP contribution >= 0.6 is 0 Å². The van der Waals surface area contributed by atoms with E-state index in [0.29, 0.717) is 23.6 Å². The molecule has 2 fully saturated rings. The summed E-state index contributed by atoms with van der Waals surface area (Å²) in [5.41, 5.74) is -0.441. The lowest BCUT2D eigenvalue weighted by atomic mass is 9.76. The summed E-state index contributed by atoms with van der Waals surface area (Å²) in [5.74, 6) is -4.46. The quantitative estimate of drug-likeness (QED) is 0.148. The van der Waals surface area contributed by atoms with E-state index in [1.54, 1.807) is 0 Å². The summed E-state index contributed by atoms with van der Waals surface area (Å²) in [6.07, 6.45) is 13.3. The Hall–Kier alpha value is -1.96. The van der Waals surface area contributed by atoms with Crippen LogP contribution in [0.1, 0.15) is 89.0 Å². The highest BCUT2D eigenvalue weighted by Gasteiger charge is 2.27. The van der Waals surface area contributed by atoms with Gasteiger partial charge in [0.1, 0.15) is 11.6 Å². The van der Waals surface area contributed by atoms with Gasteiger partial charge in [0.2, 0.25) is 0 Å². The second kappa shape index (κ2) is 14.1. The Labute approximate surface area is 229 Å². The monoisotopic (exact) mass is 570 g/mol. The molecule has 1 aliphatic heterocycles. The summed E-state index contributed by atoms with van der Waals surface area (Å²) in [7, 11) is -0.475. The van der Waals surface area contributed by atoms with Crippen LogP contribution in [0.25, 0.3) is 11.1 Å². The fourth-order valence-electron chi connectivity index (χ4n) is 6.76. The SMILES string of the molecule is CCCCC[SiH]1CCC(CCC2CCC(c3cc(F)c(-c4cc(F)c(OC(F)F)c(F)c4)c(F)c3)CC2)CC1. The van der Waals surface area contributed by atoms with Crippen molar-refractivity contribution in [2.24, 2.45) is 11.8 Å². The number of ether oxygens (including phenoxy) is 1. The van der Waals surface area contributed by atoms with Gasteiger partial charge in [-0.15, -0.1) is 0 Å². The van der Waals surface area contributed by atoms with Crippen molar-refractivity contribution in [3.8, 4) is 16.9 Å². The molecule has 0 bridgehead atoms. The molecule has 0 unspecified atom stereocenters. The average Bonchev–Trinajstić information content (AvgIpc) is 2.90. The van der Waals surface area contributed by atoms with E-state index in [4.69, 9.17) is 0 Å². The molecular weight excluding hydrogens is 530 g/mol. The number of rotatable bonds is 11. The summed E-state index contributed by atoms with van der Waals surface area (Å²) < 4.78 is 86.9. The van der Waals surface area contributed by atoms with Crippen molar-refractivity contribution in [1.82, 2.24) is 0 Å². The van der Waals surface area contributed by atoms with Gasteiger partial charge in [0.15, 0.2) is 17.4 Å². The number of alkyl halides is 2. The minimum atomic E-state index is -3.43. The average molecular weight is 571 g/mol. The van der Waals surface area contributed by atoms with Gasteiger partial charge in [0.05, 0.1) is 5.56 Å². The zero-order valence-electron chi connectivity index (χ0n) is 22.8. The minimum Gasteiger partial charge on any atom is -0.429 e. The molecule has 1 saturated heterocycles. The zero-order valence-corrected chi connectivity index (χ0v) is 23.9. The minimum absolute atomic E-state index is 0.0409. The van der Waals surface area contributed by atoms with Gasteiger partial charge in [-0.05, 0) is 78.8 Å². The molecule has 1 heterocycles. The van der Waals surface area contributed by atoms with Gasteiger partial charge >= 0.3 is 6.61 Å². The van der Waals surface area contributed by atoms with E-state index in [1.807, 2.05) is 0 Å². The summed E-state index contributed by atoms with van der Waals surface area (Å²) in [4.78, 5) is 0. The highest BCUT2D eigenvalue weighted by Crippen LogP contribution is 2.41. The predicted octanol–water partition coefficient (Wildman–Crippen LogP) is 10.4. The van der Waals surface area contributed by atoms with Crippen molar-refractivity contribution in [3.05, 3.63) is 53.1 Å². The Bertz CT molecular complexity index is 1030. The Balaban J connectivity index is 1.29. The van der Waals surface area contributed by atoms with Crippen LogP contribution in [0.5, 0.6) is 5.75 Å². The fourth-order valence-corrected chi connectivity index (χ4v) is 10.4. The van der Waals surface area contributed by atoms with E-state index >= 15 is 8.78 Å². The first-order chi connectivity index (χ1) is 18.7. The van der Waals surface area contributed by atoms with E-state index < -0.39 is 55.6 Å². The fraction of sp³-hybridized carbons (Fsp3) is 0.613. The highest BCUT2D eigenvalue weighted by molar-refractivity contribution is 6.58. The largest absolute Gasteiger partial charge is 0.429 e. The van der Waals surface area contributed by atoms with Crippen molar-refractivity contribution >= 4 is 8.80 Å². The molecule has 8 heteroatoms. The van der Waals surface area contributed by atoms with Gasteiger partial charge in [0, 0.05) is 8.80 Å². The number of hydrogen-bond acceptors (Lipinski definition) is 1. The van der Waals surface area contributed by atoms with Crippen LogP contribution in [-0.4, -0.2) is 15.4 Å². The maximum atomic E-state index is 15.0. The van der Waals surface area contributed by atoms with E-state index in [2.05, 4.69) is 11.7 Å². The zero-order chi connectivity index (χ0) is 27.9. The number of hydrogen-bond donors (Lipinski definition) is 0. The van der Waals surface area contributed by atoms with Crippen molar-refractivity contribution in [2.45, 2.75) is 108 Å². The van der Waals surface area contributed by atoms with Gasteiger partial charge in [-0.2, -0.15) is 8.78 Å². The van der Waals surface area contributed by atoms with Gasteiger partial charge in [-0.1, -0.05) is 70.0 Å². The van der Waals surface area contributed by atoms with Crippen LogP contribution in [-0.2, 0) is 0 Å².